The van der Waals surface area contributed by atoms with E-state index < -0.39 is 5.91 Å². The van der Waals surface area contributed by atoms with E-state index in [0.29, 0.717) is 12.0 Å². The SMILES string of the molecule is CCC(=O)Nc1ccccc1SSc1c(CC)cccc1C(N)=O. The molecule has 2 amide bonds. The summed E-state index contributed by atoms with van der Waals surface area (Å²) in [7, 11) is 3.00. The van der Waals surface area contributed by atoms with Crippen LogP contribution >= 0.6 is 21.6 Å². The normalized spacial score (nSPS) is 10.4. The predicted octanol–water partition coefficient (Wildman–Crippen LogP) is 4.50. The molecule has 6 heteroatoms. The van der Waals surface area contributed by atoms with Crippen molar-refractivity contribution in [1.82, 2.24) is 0 Å². The molecule has 0 aliphatic carbocycles. The van der Waals surface area contributed by atoms with E-state index in [1.54, 1.807) is 6.07 Å². The molecule has 3 N–H and O–H groups in total. The minimum absolute atomic E-state index is 0.0279. The van der Waals surface area contributed by atoms with Gasteiger partial charge in [-0.1, -0.05) is 59.7 Å². The van der Waals surface area contributed by atoms with Gasteiger partial charge in [-0.2, -0.15) is 0 Å². The van der Waals surface area contributed by atoms with Gasteiger partial charge in [0.15, 0.2) is 0 Å². The first-order chi connectivity index (χ1) is 11.6. The molecule has 0 unspecified atom stereocenters. The highest BCUT2D eigenvalue weighted by Gasteiger charge is 2.14. The first-order valence-electron chi connectivity index (χ1n) is 7.71. The first kappa shape index (κ1) is 18.4. The summed E-state index contributed by atoms with van der Waals surface area (Å²) in [5.74, 6) is -0.458. The number of amides is 2. The average Bonchev–Trinajstić information content (AvgIpc) is 2.60. The summed E-state index contributed by atoms with van der Waals surface area (Å²) in [5, 5.41) is 2.90. The van der Waals surface area contributed by atoms with Crippen LogP contribution in [0.5, 0.6) is 0 Å². The van der Waals surface area contributed by atoms with Crippen molar-refractivity contribution < 1.29 is 9.59 Å². The van der Waals surface area contributed by atoms with Crippen molar-refractivity contribution in [2.75, 3.05) is 5.32 Å². The van der Waals surface area contributed by atoms with Crippen LogP contribution in [0.4, 0.5) is 5.69 Å². The molecule has 0 aromatic heterocycles. The van der Waals surface area contributed by atoms with E-state index in [9.17, 15) is 9.59 Å². The zero-order valence-corrected chi connectivity index (χ0v) is 15.3. The molecule has 2 rings (SSSR count). The molecule has 0 radical (unpaired) electrons. The highest BCUT2D eigenvalue weighted by molar-refractivity contribution is 8.76. The molecule has 0 atom stereocenters. The number of nitrogens with one attached hydrogen (secondary N) is 1. The van der Waals surface area contributed by atoms with Gasteiger partial charge in [-0.25, -0.2) is 0 Å². The highest BCUT2D eigenvalue weighted by Crippen LogP contribution is 2.43. The van der Waals surface area contributed by atoms with Crippen LogP contribution in [0.15, 0.2) is 52.3 Å². The van der Waals surface area contributed by atoms with Crippen molar-refractivity contribution in [1.29, 1.82) is 0 Å². The second kappa shape index (κ2) is 8.80. The number of para-hydroxylation sites is 1. The van der Waals surface area contributed by atoms with Crippen LogP contribution < -0.4 is 11.1 Å². The summed E-state index contributed by atoms with van der Waals surface area (Å²) in [4.78, 5) is 25.2. The summed E-state index contributed by atoms with van der Waals surface area (Å²) in [6, 6.07) is 13.2. The topological polar surface area (TPSA) is 72.2 Å². The lowest BCUT2D eigenvalue weighted by atomic mass is 10.1. The molecule has 0 aliphatic rings. The number of anilines is 1. The number of primary amides is 1. The summed E-state index contributed by atoms with van der Waals surface area (Å²) < 4.78 is 0. The Morgan fingerprint density at radius 2 is 1.79 bits per heavy atom. The van der Waals surface area contributed by atoms with E-state index >= 15 is 0 Å². The van der Waals surface area contributed by atoms with E-state index in [4.69, 9.17) is 5.73 Å². The molecule has 0 aliphatic heterocycles. The number of nitrogens with two attached hydrogens (primary N) is 1. The maximum Gasteiger partial charge on any atom is 0.249 e. The lowest BCUT2D eigenvalue weighted by molar-refractivity contribution is -0.115. The van der Waals surface area contributed by atoms with Gasteiger partial charge in [0.1, 0.15) is 0 Å². The highest BCUT2D eigenvalue weighted by atomic mass is 33.1. The third-order valence-electron chi connectivity index (χ3n) is 3.44. The van der Waals surface area contributed by atoms with E-state index in [2.05, 4.69) is 5.32 Å². The maximum atomic E-state index is 11.7. The largest absolute Gasteiger partial charge is 0.366 e. The average molecular weight is 361 g/mol. The number of carbonyl (C=O) groups excluding carboxylic acids is 2. The minimum atomic E-state index is -0.430. The molecule has 24 heavy (non-hydrogen) atoms. The van der Waals surface area contributed by atoms with Gasteiger partial charge in [-0.3, -0.25) is 9.59 Å². The summed E-state index contributed by atoms with van der Waals surface area (Å²) in [6.07, 6.45) is 1.24. The predicted molar refractivity (Wildman–Crippen MR) is 101 cm³/mol. The van der Waals surface area contributed by atoms with Gasteiger partial charge < -0.3 is 11.1 Å². The van der Waals surface area contributed by atoms with Crippen molar-refractivity contribution in [3.63, 3.8) is 0 Å². The molecule has 0 bridgehead atoms. The van der Waals surface area contributed by atoms with Crippen LogP contribution in [0.2, 0.25) is 0 Å². The molecule has 0 fully saturated rings. The number of aryl methyl sites for hydroxylation is 1. The molecule has 0 saturated carbocycles. The van der Waals surface area contributed by atoms with Gasteiger partial charge in [0, 0.05) is 16.2 Å². The van der Waals surface area contributed by atoms with E-state index in [-0.39, 0.29) is 5.91 Å². The Morgan fingerprint density at radius 3 is 2.46 bits per heavy atom. The Morgan fingerprint density at radius 1 is 1.04 bits per heavy atom. The van der Waals surface area contributed by atoms with Gasteiger partial charge in [-0.15, -0.1) is 0 Å². The lowest BCUT2D eigenvalue weighted by Crippen LogP contribution is -2.12. The number of benzene rings is 2. The Hall–Kier alpha value is -1.92. The van der Waals surface area contributed by atoms with E-state index in [0.717, 1.165) is 27.5 Å². The molecule has 0 heterocycles. The zero-order valence-electron chi connectivity index (χ0n) is 13.7. The summed E-state index contributed by atoms with van der Waals surface area (Å²) >= 11 is 0. The van der Waals surface area contributed by atoms with Crippen LogP contribution in [0.3, 0.4) is 0 Å². The van der Waals surface area contributed by atoms with Gasteiger partial charge in [0.05, 0.1) is 11.3 Å². The Kier molecular flexibility index (Phi) is 6.75. The van der Waals surface area contributed by atoms with Gasteiger partial charge in [0.25, 0.3) is 0 Å². The van der Waals surface area contributed by atoms with Gasteiger partial charge in [0.2, 0.25) is 11.8 Å². The van der Waals surface area contributed by atoms with E-state index in [1.165, 1.54) is 21.6 Å². The van der Waals surface area contributed by atoms with Crippen molar-refractivity contribution in [3.05, 3.63) is 53.6 Å². The quantitative estimate of drug-likeness (QED) is 0.713. The molecular weight excluding hydrogens is 340 g/mol. The fourth-order valence-electron chi connectivity index (χ4n) is 2.12. The zero-order chi connectivity index (χ0) is 17.5. The Balaban J connectivity index is 2.26. The number of hydrogen-bond donors (Lipinski definition) is 2. The van der Waals surface area contributed by atoms with E-state index in [1.807, 2.05) is 50.2 Å². The smallest absolute Gasteiger partial charge is 0.249 e. The third-order valence-corrected chi connectivity index (χ3v) is 6.00. The monoisotopic (exact) mass is 360 g/mol. The van der Waals surface area contributed by atoms with Crippen LogP contribution in [0.25, 0.3) is 0 Å². The van der Waals surface area contributed by atoms with Crippen molar-refractivity contribution in [3.8, 4) is 0 Å². The summed E-state index contributed by atoms with van der Waals surface area (Å²) in [6.45, 7) is 3.86. The number of rotatable bonds is 7. The van der Waals surface area contributed by atoms with Crippen molar-refractivity contribution in [2.45, 2.75) is 36.5 Å². The Labute approximate surface area is 150 Å². The fourth-order valence-corrected chi connectivity index (χ4v) is 4.76. The molecule has 4 nitrogen and oxygen atoms in total. The molecular formula is C18H20N2O2S2. The van der Waals surface area contributed by atoms with Crippen LogP contribution in [-0.4, -0.2) is 11.8 Å². The Bertz CT molecular complexity index is 748. The van der Waals surface area contributed by atoms with Gasteiger partial charge in [-0.05, 0) is 30.2 Å². The molecule has 126 valence electrons. The van der Waals surface area contributed by atoms with Crippen LogP contribution in [0.1, 0.15) is 36.2 Å². The van der Waals surface area contributed by atoms with Crippen molar-refractivity contribution in [2.24, 2.45) is 5.73 Å². The van der Waals surface area contributed by atoms with Crippen LogP contribution in [0, 0.1) is 0 Å². The summed E-state index contributed by atoms with van der Waals surface area (Å²) in [5.41, 5.74) is 7.89. The number of carbonyl (C=O) groups is 2. The standard InChI is InChI=1S/C18H20N2O2S2/c1-3-12-8-7-9-13(18(19)22)17(12)24-23-15-11-6-5-10-14(15)20-16(21)4-2/h5-11H,3-4H2,1-2H3,(H2,19,22)(H,20,21). The number of hydrogen-bond acceptors (Lipinski definition) is 4. The molecule has 0 spiro atoms. The van der Waals surface area contributed by atoms with Crippen LogP contribution in [-0.2, 0) is 11.2 Å². The maximum absolute atomic E-state index is 11.7. The van der Waals surface area contributed by atoms with Gasteiger partial charge >= 0.3 is 0 Å². The second-order valence-electron chi connectivity index (χ2n) is 5.08. The third kappa shape index (κ3) is 4.55. The minimum Gasteiger partial charge on any atom is -0.366 e. The van der Waals surface area contributed by atoms with Crippen molar-refractivity contribution >= 4 is 39.1 Å². The lowest BCUT2D eigenvalue weighted by Gasteiger charge is -2.13. The molecule has 2 aromatic rings. The second-order valence-corrected chi connectivity index (χ2v) is 7.26. The molecule has 2 aromatic carbocycles. The fraction of sp³-hybridized carbons (Fsp3) is 0.222. The molecule has 0 saturated heterocycles. The first-order valence-corrected chi connectivity index (χ1v) is 9.86.